The van der Waals surface area contributed by atoms with Gasteiger partial charge in [-0.15, -0.1) is 0 Å². The summed E-state index contributed by atoms with van der Waals surface area (Å²) in [6, 6.07) is 6.10. The minimum atomic E-state index is -0.969. The van der Waals surface area contributed by atoms with E-state index in [1.54, 1.807) is 0 Å². The fourth-order valence-corrected chi connectivity index (χ4v) is 5.98. The molecule has 0 aromatic heterocycles. The Bertz CT molecular complexity index is 609. The Morgan fingerprint density at radius 2 is 2.05 bits per heavy atom. The first-order valence-corrected chi connectivity index (χ1v) is 8.59. The summed E-state index contributed by atoms with van der Waals surface area (Å²) in [4.78, 5) is 0. The van der Waals surface area contributed by atoms with Crippen molar-refractivity contribution >= 4 is 10.8 Å². The van der Waals surface area contributed by atoms with Gasteiger partial charge in [0.25, 0.3) is 0 Å². The third kappa shape index (κ3) is 2.88. The van der Waals surface area contributed by atoms with E-state index in [0.717, 1.165) is 19.3 Å². The highest BCUT2D eigenvalue weighted by atomic mass is 32.2. The summed E-state index contributed by atoms with van der Waals surface area (Å²) in [5.74, 6) is -0.396. The first kappa shape index (κ1) is 14.7. The fraction of sp³-hybridized carbons (Fsp3) is 0.562. The van der Waals surface area contributed by atoms with Gasteiger partial charge in [-0.05, 0) is 49.4 Å². The van der Waals surface area contributed by atoms with E-state index in [0.29, 0.717) is 24.0 Å². The number of halogens is 1. The summed E-state index contributed by atoms with van der Waals surface area (Å²) >= 11 is 0. The molecule has 2 unspecified atom stereocenters. The Morgan fingerprint density at radius 1 is 1.38 bits per heavy atom. The van der Waals surface area contributed by atoms with E-state index < -0.39 is 22.2 Å². The van der Waals surface area contributed by atoms with Crippen molar-refractivity contribution in [3.05, 3.63) is 35.1 Å². The topological polar surface area (TPSA) is 61.1 Å². The summed E-state index contributed by atoms with van der Waals surface area (Å²) < 4.78 is 25.6. The van der Waals surface area contributed by atoms with Crippen LogP contribution in [0, 0.1) is 17.1 Å². The molecular weight excluding hydrogens is 289 g/mol. The molecular formula is C16H18FNO2S. The van der Waals surface area contributed by atoms with Gasteiger partial charge < -0.3 is 5.11 Å². The Hall–Kier alpha value is -1.25. The maximum absolute atomic E-state index is 13.4. The van der Waals surface area contributed by atoms with Crippen molar-refractivity contribution in [1.82, 2.24) is 0 Å². The Morgan fingerprint density at radius 3 is 2.67 bits per heavy atom. The van der Waals surface area contributed by atoms with Crippen molar-refractivity contribution in [2.24, 2.45) is 0 Å². The quantitative estimate of drug-likeness (QED) is 0.913. The monoisotopic (exact) mass is 307 g/mol. The summed E-state index contributed by atoms with van der Waals surface area (Å²) in [5, 5.41) is 20.1. The number of hydrogen-bond donors (Lipinski definition) is 1. The van der Waals surface area contributed by atoms with E-state index >= 15 is 0 Å². The van der Waals surface area contributed by atoms with Crippen LogP contribution in [0.15, 0.2) is 18.2 Å². The second-order valence-electron chi connectivity index (χ2n) is 6.23. The highest BCUT2D eigenvalue weighted by molar-refractivity contribution is 7.86. The lowest BCUT2D eigenvalue weighted by Crippen LogP contribution is -2.50. The van der Waals surface area contributed by atoms with Gasteiger partial charge in [0, 0.05) is 27.7 Å². The maximum atomic E-state index is 13.4. The average Bonchev–Trinajstić information content (AvgIpc) is 2.41. The number of rotatable bonds is 2. The fourth-order valence-electron chi connectivity index (χ4n) is 3.69. The van der Waals surface area contributed by atoms with E-state index in [4.69, 9.17) is 5.26 Å². The van der Waals surface area contributed by atoms with Crippen LogP contribution in [0.4, 0.5) is 4.39 Å². The highest BCUT2D eigenvalue weighted by Gasteiger charge is 2.45. The van der Waals surface area contributed by atoms with Crippen molar-refractivity contribution in [3.8, 4) is 6.07 Å². The lowest BCUT2D eigenvalue weighted by molar-refractivity contribution is 0.0113. The summed E-state index contributed by atoms with van der Waals surface area (Å²) in [6.45, 7) is 0. The zero-order chi connectivity index (χ0) is 15.0. The van der Waals surface area contributed by atoms with Crippen LogP contribution >= 0.6 is 0 Å². The third-order valence-corrected chi connectivity index (χ3v) is 6.75. The average molecular weight is 307 g/mol. The lowest BCUT2D eigenvalue weighted by atomic mass is 9.80. The summed E-state index contributed by atoms with van der Waals surface area (Å²) in [7, 11) is -0.851. The first-order valence-electron chi connectivity index (χ1n) is 7.31. The van der Waals surface area contributed by atoms with Gasteiger partial charge in [-0.1, -0.05) is 6.42 Å². The van der Waals surface area contributed by atoms with Crippen LogP contribution in [0.3, 0.4) is 0 Å². The van der Waals surface area contributed by atoms with Crippen molar-refractivity contribution in [1.29, 1.82) is 5.26 Å². The molecule has 3 rings (SSSR count). The van der Waals surface area contributed by atoms with Gasteiger partial charge in [-0.25, -0.2) is 4.39 Å². The van der Waals surface area contributed by atoms with Gasteiger partial charge in [0.2, 0.25) is 0 Å². The largest absolute Gasteiger partial charge is 0.389 e. The highest BCUT2D eigenvalue weighted by Crippen LogP contribution is 2.41. The van der Waals surface area contributed by atoms with Crippen LogP contribution in [-0.2, 0) is 17.2 Å². The predicted molar refractivity (Wildman–Crippen MR) is 78.6 cm³/mol. The van der Waals surface area contributed by atoms with E-state index in [-0.39, 0.29) is 16.9 Å². The van der Waals surface area contributed by atoms with Crippen LogP contribution < -0.4 is 0 Å². The molecule has 1 aromatic carbocycles. The maximum Gasteiger partial charge on any atom is 0.123 e. The summed E-state index contributed by atoms with van der Waals surface area (Å²) in [5.41, 5.74) is -0.0179. The molecule has 1 aromatic rings. The smallest absolute Gasteiger partial charge is 0.123 e. The number of nitrogens with zero attached hydrogens (tertiary/aromatic N) is 1. The zero-order valence-corrected chi connectivity index (χ0v) is 12.5. The van der Waals surface area contributed by atoms with Crippen molar-refractivity contribution in [2.75, 3.05) is 0 Å². The molecule has 0 amide bonds. The Kier molecular flexibility index (Phi) is 3.85. The SMILES string of the molecule is N#Cc1ccc(F)cc1CC1(O)CC2CCCC(C1)S2=O. The van der Waals surface area contributed by atoms with Gasteiger partial charge in [0.05, 0.1) is 17.2 Å². The molecule has 2 heterocycles. The van der Waals surface area contributed by atoms with Crippen molar-refractivity contribution < 1.29 is 13.7 Å². The predicted octanol–water partition coefficient (Wildman–Crippen LogP) is 2.43. The van der Waals surface area contributed by atoms with Gasteiger partial charge in [0.1, 0.15) is 5.82 Å². The van der Waals surface area contributed by atoms with Crippen LogP contribution in [0.1, 0.15) is 43.2 Å². The van der Waals surface area contributed by atoms with E-state index in [2.05, 4.69) is 6.07 Å². The third-order valence-electron chi connectivity index (χ3n) is 4.63. The van der Waals surface area contributed by atoms with Gasteiger partial charge in [0.15, 0.2) is 0 Å². The standard InChI is InChI=1S/C16H18FNO2S/c17-13-5-4-11(10-18)12(6-13)7-16(19)8-14-2-1-3-15(9-16)21(14)20/h4-6,14-15,19H,1-3,7-9H2. The second-order valence-corrected chi connectivity index (χ2v) is 8.22. The second kappa shape index (κ2) is 5.51. The molecule has 1 N–H and O–H groups in total. The molecule has 0 aliphatic carbocycles. The molecule has 5 heteroatoms. The van der Waals surface area contributed by atoms with Crippen molar-refractivity contribution in [2.45, 2.75) is 54.6 Å². The van der Waals surface area contributed by atoms with Gasteiger partial charge >= 0.3 is 0 Å². The molecule has 2 aliphatic rings. The van der Waals surface area contributed by atoms with Gasteiger partial charge in [-0.2, -0.15) is 5.26 Å². The minimum absolute atomic E-state index is 0.0431. The first-order chi connectivity index (χ1) is 10.0. The van der Waals surface area contributed by atoms with Crippen LogP contribution in [0.25, 0.3) is 0 Å². The zero-order valence-electron chi connectivity index (χ0n) is 11.7. The van der Waals surface area contributed by atoms with Crippen LogP contribution in [0.5, 0.6) is 0 Å². The number of nitriles is 1. The van der Waals surface area contributed by atoms with Crippen molar-refractivity contribution in [3.63, 3.8) is 0 Å². The molecule has 0 spiro atoms. The number of benzene rings is 1. The van der Waals surface area contributed by atoms with Crippen LogP contribution in [-0.4, -0.2) is 25.4 Å². The van der Waals surface area contributed by atoms with E-state index in [9.17, 15) is 13.7 Å². The molecule has 2 saturated heterocycles. The molecule has 2 bridgehead atoms. The van der Waals surface area contributed by atoms with Crippen LogP contribution in [0.2, 0.25) is 0 Å². The normalized spacial score (nSPS) is 35.2. The van der Waals surface area contributed by atoms with Gasteiger partial charge in [-0.3, -0.25) is 4.21 Å². The molecule has 0 saturated carbocycles. The lowest BCUT2D eigenvalue weighted by Gasteiger charge is -2.43. The molecule has 2 fully saturated rings. The molecule has 112 valence electrons. The molecule has 3 nitrogen and oxygen atoms in total. The number of aliphatic hydroxyl groups is 1. The molecule has 21 heavy (non-hydrogen) atoms. The Labute approximate surface area is 126 Å². The summed E-state index contributed by atoms with van der Waals surface area (Å²) in [6.07, 6.45) is 4.08. The molecule has 2 aliphatic heterocycles. The molecule has 2 atom stereocenters. The Balaban J connectivity index is 1.86. The van der Waals surface area contributed by atoms with E-state index in [1.165, 1.54) is 18.2 Å². The number of fused-ring (bicyclic) bond motifs is 2. The molecule has 0 radical (unpaired) electrons. The van der Waals surface area contributed by atoms with E-state index in [1.807, 2.05) is 0 Å². The minimum Gasteiger partial charge on any atom is -0.389 e. The number of hydrogen-bond acceptors (Lipinski definition) is 3.